The van der Waals surface area contributed by atoms with Crippen LogP contribution in [0.4, 0.5) is 11.4 Å². The highest BCUT2D eigenvalue weighted by Crippen LogP contribution is 2.37. The summed E-state index contributed by atoms with van der Waals surface area (Å²) in [5.74, 6) is 0. The molecule has 0 spiro atoms. The number of nitro groups is 1. The van der Waals surface area contributed by atoms with Gasteiger partial charge in [-0.1, -0.05) is 48.0 Å². The second kappa shape index (κ2) is 9.33. The van der Waals surface area contributed by atoms with E-state index in [2.05, 4.69) is 4.40 Å². The minimum absolute atomic E-state index is 0.0282. The molecule has 0 bridgehead atoms. The van der Waals surface area contributed by atoms with Crippen molar-refractivity contribution in [1.29, 1.82) is 0 Å². The van der Waals surface area contributed by atoms with Crippen molar-refractivity contribution in [3.05, 3.63) is 100 Å². The van der Waals surface area contributed by atoms with E-state index in [1.54, 1.807) is 12.1 Å². The van der Waals surface area contributed by atoms with Gasteiger partial charge >= 0.3 is 0 Å². The van der Waals surface area contributed by atoms with Gasteiger partial charge in [-0.05, 0) is 36.8 Å². The molecule has 1 saturated heterocycles. The molecule has 3 aromatic carbocycles. The number of nitrogens with zero attached hydrogens (tertiary/aromatic N) is 4. The zero-order valence-electron chi connectivity index (χ0n) is 17.3. The SMILES string of the molecule is Cc1ccc(S(=O)(=O)/N=C2\SN(c3ccc([N+](=O)[O-])cc3)S(=O)N2Cc2ccccc2)cc1. The standard InChI is InChI=1S/C21H18N4O5S3/c1-16-7-13-20(14-8-16)33(29,30)22-21-23(15-17-5-3-2-4-6-17)32(28)25(31-21)19-11-9-18(10-12-19)24(26)27/h2-14H,15H2,1H3/b22-21-. The van der Waals surface area contributed by atoms with Crippen molar-refractivity contribution in [1.82, 2.24) is 4.31 Å². The maximum atomic E-state index is 13.3. The van der Waals surface area contributed by atoms with E-state index < -0.39 is 26.1 Å². The van der Waals surface area contributed by atoms with Crippen molar-refractivity contribution in [3.8, 4) is 0 Å². The summed E-state index contributed by atoms with van der Waals surface area (Å²) in [6.45, 7) is 2.01. The van der Waals surface area contributed by atoms with Gasteiger partial charge < -0.3 is 0 Å². The van der Waals surface area contributed by atoms with Crippen LogP contribution in [0.3, 0.4) is 0 Å². The summed E-state index contributed by atoms with van der Waals surface area (Å²) in [7, 11) is -4.06. The number of anilines is 1. The molecule has 1 atom stereocenters. The van der Waals surface area contributed by atoms with Gasteiger partial charge in [0.1, 0.15) is 0 Å². The van der Waals surface area contributed by atoms with Crippen LogP contribution in [0, 0.1) is 17.0 Å². The highest BCUT2D eigenvalue weighted by Gasteiger charge is 2.37. The third-order valence-electron chi connectivity index (χ3n) is 4.67. The molecule has 0 aromatic heterocycles. The second-order valence-corrected chi connectivity index (χ2v) is 11.1. The van der Waals surface area contributed by atoms with Crippen molar-refractivity contribution in [2.24, 2.45) is 4.40 Å². The predicted molar refractivity (Wildman–Crippen MR) is 129 cm³/mol. The van der Waals surface area contributed by atoms with Crippen LogP contribution in [0.25, 0.3) is 0 Å². The lowest BCUT2D eigenvalue weighted by atomic mass is 10.2. The zero-order valence-corrected chi connectivity index (χ0v) is 19.7. The average molecular weight is 503 g/mol. The van der Waals surface area contributed by atoms with Crippen LogP contribution in [-0.4, -0.2) is 27.0 Å². The summed E-state index contributed by atoms with van der Waals surface area (Å²) in [4.78, 5) is 10.5. The first kappa shape index (κ1) is 23.0. The van der Waals surface area contributed by atoms with Gasteiger partial charge in [0.15, 0.2) is 0 Å². The Labute approximate surface area is 197 Å². The Bertz CT molecular complexity index is 1330. The number of rotatable bonds is 6. The Hall–Kier alpha value is -3.22. The minimum atomic E-state index is -4.06. The first-order valence-corrected chi connectivity index (χ1v) is 12.9. The van der Waals surface area contributed by atoms with Gasteiger partial charge in [0.25, 0.3) is 15.7 Å². The number of hydrogen-bond donors (Lipinski definition) is 0. The Morgan fingerprint density at radius 2 is 1.64 bits per heavy atom. The van der Waals surface area contributed by atoms with Gasteiger partial charge in [0, 0.05) is 24.1 Å². The smallest absolute Gasteiger partial charge is 0.258 e. The van der Waals surface area contributed by atoms with E-state index in [0.29, 0.717) is 5.69 Å². The van der Waals surface area contributed by atoms with Crippen molar-refractivity contribution in [2.75, 3.05) is 3.71 Å². The molecular weight excluding hydrogens is 484 g/mol. The summed E-state index contributed by atoms with van der Waals surface area (Å²) in [5, 5.41) is 11.0. The third kappa shape index (κ3) is 5.07. The number of benzene rings is 3. The molecule has 3 aromatic rings. The molecule has 12 heteroatoms. The number of sulfonamides is 1. The number of amidine groups is 1. The van der Waals surface area contributed by atoms with Crippen molar-refractivity contribution < 1.29 is 17.6 Å². The number of nitro benzene ring substituents is 1. The summed E-state index contributed by atoms with van der Waals surface area (Å²) in [6.07, 6.45) is 0. The Morgan fingerprint density at radius 3 is 2.24 bits per heavy atom. The van der Waals surface area contributed by atoms with E-state index in [4.69, 9.17) is 0 Å². The molecule has 1 aliphatic rings. The molecule has 0 saturated carbocycles. The first-order valence-electron chi connectivity index (χ1n) is 9.62. The molecule has 0 amide bonds. The van der Waals surface area contributed by atoms with Crippen molar-refractivity contribution >= 4 is 49.7 Å². The fourth-order valence-corrected chi connectivity index (χ4v) is 6.75. The van der Waals surface area contributed by atoms with Crippen LogP contribution in [0.2, 0.25) is 0 Å². The van der Waals surface area contributed by atoms with Crippen LogP contribution in [-0.2, 0) is 27.7 Å². The average Bonchev–Trinajstić information content (AvgIpc) is 3.09. The molecule has 0 aliphatic carbocycles. The van der Waals surface area contributed by atoms with Crippen LogP contribution in [0.15, 0.2) is 88.2 Å². The Morgan fingerprint density at radius 1 is 1.00 bits per heavy atom. The molecule has 4 rings (SSSR count). The van der Waals surface area contributed by atoms with Crippen LogP contribution in [0.5, 0.6) is 0 Å². The lowest BCUT2D eigenvalue weighted by Gasteiger charge is -2.17. The van der Waals surface area contributed by atoms with Gasteiger partial charge in [-0.2, -0.15) is 8.42 Å². The minimum Gasteiger partial charge on any atom is -0.258 e. The predicted octanol–water partition coefficient (Wildman–Crippen LogP) is 4.20. The molecular formula is C21H18N4O5S3. The Kier molecular flexibility index (Phi) is 6.49. The normalized spacial score (nSPS) is 17.5. The summed E-state index contributed by atoms with van der Waals surface area (Å²) < 4.78 is 46.0. The highest BCUT2D eigenvalue weighted by molar-refractivity contribution is 8.26. The second-order valence-electron chi connectivity index (χ2n) is 7.04. The van der Waals surface area contributed by atoms with E-state index in [1.165, 1.54) is 44.4 Å². The summed E-state index contributed by atoms with van der Waals surface area (Å²) in [5.41, 5.74) is 2.04. The lowest BCUT2D eigenvalue weighted by molar-refractivity contribution is -0.384. The maximum Gasteiger partial charge on any atom is 0.284 e. The van der Waals surface area contributed by atoms with E-state index in [9.17, 15) is 22.7 Å². The molecule has 0 radical (unpaired) electrons. The van der Waals surface area contributed by atoms with Gasteiger partial charge in [-0.15, -0.1) is 4.40 Å². The van der Waals surface area contributed by atoms with Gasteiger partial charge in [0.05, 0.1) is 22.1 Å². The van der Waals surface area contributed by atoms with Gasteiger partial charge in [-0.25, -0.2) is 12.2 Å². The number of aryl methyl sites for hydroxylation is 1. The number of non-ortho nitro benzene ring substituents is 1. The Balaban J connectivity index is 1.72. The summed E-state index contributed by atoms with van der Waals surface area (Å²) >= 11 is -0.929. The quantitative estimate of drug-likeness (QED) is 0.284. The zero-order chi connectivity index (χ0) is 23.6. The number of hydrogen-bond acceptors (Lipinski definition) is 6. The molecule has 9 nitrogen and oxygen atoms in total. The van der Waals surface area contributed by atoms with E-state index in [-0.39, 0.29) is 22.3 Å². The monoisotopic (exact) mass is 502 g/mol. The lowest BCUT2D eigenvalue weighted by Crippen LogP contribution is -2.28. The van der Waals surface area contributed by atoms with Gasteiger partial charge in [-0.3, -0.25) is 10.1 Å². The van der Waals surface area contributed by atoms with E-state index in [1.807, 2.05) is 37.3 Å². The van der Waals surface area contributed by atoms with Crippen LogP contribution in [0.1, 0.15) is 11.1 Å². The van der Waals surface area contributed by atoms with Crippen molar-refractivity contribution in [3.63, 3.8) is 0 Å². The molecule has 0 N–H and O–H groups in total. The molecule has 1 fully saturated rings. The fraction of sp³-hybridized carbons (Fsp3) is 0.0952. The molecule has 33 heavy (non-hydrogen) atoms. The molecule has 1 aliphatic heterocycles. The van der Waals surface area contributed by atoms with E-state index >= 15 is 0 Å². The highest BCUT2D eigenvalue weighted by atomic mass is 32.3. The van der Waals surface area contributed by atoms with Gasteiger partial charge in [0.2, 0.25) is 16.3 Å². The largest absolute Gasteiger partial charge is 0.284 e. The molecule has 1 heterocycles. The topological polar surface area (TPSA) is 113 Å². The summed E-state index contributed by atoms with van der Waals surface area (Å²) in [6, 6.07) is 21.0. The van der Waals surface area contributed by atoms with E-state index in [0.717, 1.165) is 23.1 Å². The van der Waals surface area contributed by atoms with Crippen LogP contribution < -0.4 is 3.71 Å². The fourth-order valence-electron chi connectivity index (χ4n) is 2.95. The molecule has 1 unspecified atom stereocenters. The molecule has 170 valence electrons. The maximum absolute atomic E-state index is 13.3. The van der Waals surface area contributed by atoms with Crippen molar-refractivity contribution in [2.45, 2.75) is 18.4 Å². The third-order valence-corrected chi connectivity index (χ3v) is 8.81. The first-order chi connectivity index (χ1) is 15.7. The van der Waals surface area contributed by atoms with Crippen LogP contribution >= 0.6 is 11.9 Å².